The summed E-state index contributed by atoms with van der Waals surface area (Å²) in [5.74, 6) is 0. The molecule has 0 heterocycles. The van der Waals surface area contributed by atoms with Crippen LogP contribution in [0.2, 0.25) is 0 Å². The lowest BCUT2D eigenvalue weighted by Gasteiger charge is -2.06. The lowest BCUT2D eigenvalue weighted by molar-refractivity contribution is 0.671. The second-order valence-electron chi connectivity index (χ2n) is 2.19. The molecule has 0 aliphatic rings. The van der Waals surface area contributed by atoms with E-state index in [4.69, 9.17) is 0 Å². The van der Waals surface area contributed by atoms with Gasteiger partial charge in [-0.25, -0.2) is 0 Å². The van der Waals surface area contributed by atoms with Gasteiger partial charge in [-0.2, -0.15) is 11.8 Å². The highest BCUT2D eigenvalue weighted by molar-refractivity contribution is 7.99. The molecule has 1 N–H and O–H groups in total. The maximum atomic E-state index is 3.30. The predicted molar refractivity (Wildman–Crippen MR) is 46.1 cm³/mol. The summed E-state index contributed by atoms with van der Waals surface area (Å²) in [6, 6.07) is 0. The summed E-state index contributed by atoms with van der Waals surface area (Å²) in [6.45, 7) is 6.67. The first-order valence-corrected chi connectivity index (χ1v) is 4.83. The van der Waals surface area contributed by atoms with Gasteiger partial charge in [-0.15, -0.1) is 0 Å². The average Bonchev–Trinajstić information content (AvgIpc) is 1.89. The zero-order valence-corrected chi connectivity index (χ0v) is 7.42. The van der Waals surface area contributed by atoms with Crippen molar-refractivity contribution < 1.29 is 0 Å². The van der Waals surface area contributed by atoms with E-state index >= 15 is 0 Å². The molecule has 9 heavy (non-hydrogen) atoms. The van der Waals surface area contributed by atoms with Crippen molar-refractivity contribution in [2.45, 2.75) is 25.5 Å². The van der Waals surface area contributed by atoms with Gasteiger partial charge in [-0.1, -0.05) is 13.8 Å². The first-order chi connectivity index (χ1) is 4.31. The van der Waals surface area contributed by atoms with Crippen LogP contribution in [0.1, 0.15) is 20.3 Å². The molecule has 1 nitrogen and oxygen atoms in total. The first kappa shape index (κ1) is 9.31. The highest BCUT2D eigenvalue weighted by atomic mass is 32.2. The van der Waals surface area contributed by atoms with Gasteiger partial charge in [-0.05, 0) is 25.8 Å². The van der Waals surface area contributed by atoms with Gasteiger partial charge >= 0.3 is 0 Å². The topological polar surface area (TPSA) is 12.0 Å². The van der Waals surface area contributed by atoms with E-state index in [9.17, 15) is 0 Å². The van der Waals surface area contributed by atoms with Crippen molar-refractivity contribution in [3.63, 3.8) is 0 Å². The van der Waals surface area contributed by atoms with E-state index in [-0.39, 0.29) is 0 Å². The third kappa shape index (κ3) is 6.19. The molecule has 0 aliphatic carbocycles. The standard InChI is InChI=1S/C7H17NS/c1-4-8-6-5-7(2)9-3/h7-8H,4-6H2,1-3H3. The van der Waals surface area contributed by atoms with Crippen LogP contribution in [0.25, 0.3) is 0 Å². The molecule has 0 aromatic heterocycles. The zero-order valence-electron chi connectivity index (χ0n) is 6.61. The van der Waals surface area contributed by atoms with E-state index in [0.717, 1.165) is 11.8 Å². The summed E-state index contributed by atoms with van der Waals surface area (Å²) in [5, 5.41) is 4.11. The molecule has 0 spiro atoms. The summed E-state index contributed by atoms with van der Waals surface area (Å²) in [4.78, 5) is 0. The van der Waals surface area contributed by atoms with Crippen LogP contribution in [0.4, 0.5) is 0 Å². The molecule has 0 radical (unpaired) electrons. The fraction of sp³-hybridized carbons (Fsp3) is 1.00. The van der Waals surface area contributed by atoms with Gasteiger partial charge in [0.25, 0.3) is 0 Å². The largest absolute Gasteiger partial charge is 0.317 e. The number of rotatable bonds is 5. The van der Waals surface area contributed by atoms with Crippen LogP contribution in [0.5, 0.6) is 0 Å². The fourth-order valence-corrected chi connectivity index (χ4v) is 0.954. The van der Waals surface area contributed by atoms with E-state index in [1.54, 1.807) is 0 Å². The molecule has 0 saturated heterocycles. The molecular formula is C7H17NS. The molecule has 56 valence electrons. The van der Waals surface area contributed by atoms with Crippen molar-refractivity contribution >= 4 is 11.8 Å². The Kier molecular flexibility index (Phi) is 6.65. The third-order valence-electron chi connectivity index (χ3n) is 1.38. The van der Waals surface area contributed by atoms with Crippen LogP contribution in [0, 0.1) is 0 Å². The monoisotopic (exact) mass is 147 g/mol. The van der Waals surface area contributed by atoms with Gasteiger partial charge in [0.1, 0.15) is 0 Å². The third-order valence-corrected chi connectivity index (χ3v) is 2.42. The quantitative estimate of drug-likeness (QED) is 0.594. The summed E-state index contributed by atoms with van der Waals surface area (Å²) in [7, 11) is 0. The predicted octanol–water partition coefficient (Wildman–Crippen LogP) is 1.74. The highest BCUT2D eigenvalue weighted by Crippen LogP contribution is 2.07. The summed E-state index contributed by atoms with van der Waals surface area (Å²) in [6.07, 6.45) is 3.45. The molecular weight excluding hydrogens is 130 g/mol. The number of thioether (sulfide) groups is 1. The molecule has 0 aliphatic heterocycles. The molecule has 0 fully saturated rings. The lowest BCUT2D eigenvalue weighted by atomic mass is 10.3. The van der Waals surface area contributed by atoms with Crippen molar-refractivity contribution in [2.75, 3.05) is 19.3 Å². The number of hydrogen-bond donors (Lipinski definition) is 1. The Morgan fingerprint density at radius 3 is 2.67 bits per heavy atom. The van der Waals surface area contributed by atoms with Crippen molar-refractivity contribution in [1.82, 2.24) is 5.32 Å². The van der Waals surface area contributed by atoms with Gasteiger partial charge in [0.05, 0.1) is 0 Å². The number of hydrogen-bond acceptors (Lipinski definition) is 2. The van der Waals surface area contributed by atoms with Crippen molar-refractivity contribution in [3.05, 3.63) is 0 Å². The molecule has 0 aromatic rings. The molecule has 0 aromatic carbocycles. The van der Waals surface area contributed by atoms with Crippen LogP contribution in [0.15, 0.2) is 0 Å². The maximum absolute atomic E-state index is 3.30. The van der Waals surface area contributed by atoms with Gasteiger partial charge in [0.15, 0.2) is 0 Å². The lowest BCUT2D eigenvalue weighted by Crippen LogP contribution is -2.17. The Morgan fingerprint density at radius 1 is 1.56 bits per heavy atom. The van der Waals surface area contributed by atoms with Crippen molar-refractivity contribution in [2.24, 2.45) is 0 Å². The normalized spacial score (nSPS) is 13.7. The van der Waals surface area contributed by atoms with Crippen LogP contribution < -0.4 is 5.32 Å². The molecule has 1 atom stereocenters. The molecule has 0 amide bonds. The Hall–Kier alpha value is 0.310. The molecule has 0 saturated carbocycles. The van der Waals surface area contributed by atoms with Crippen molar-refractivity contribution in [1.29, 1.82) is 0 Å². The summed E-state index contributed by atoms with van der Waals surface area (Å²) < 4.78 is 0. The Bertz CT molecular complexity index is 56.9. The molecule has 1 unspecified atom stereocenters. The van der Waals surface area contributed by atoms with Gasteiger partial charge in [-0.3, -0.25) is 0 Å². The summed E-state index contributed by atoms with van der Waals surface area (Å²) in [5.41, 5.74) is 0. The van der Waals surface area contributed by atoms with Crippen LogP contribution in [-0.2, 0) is 0 Å². The molecule has 2 heteroatoms. The Labute approximate surface area is 62.6 Å². The first-order valence-electron chi connectivity index (χ1n) is 3.54. The van der Waals surface area contributed by atoms with Crippen LogP contribution in [0.3, 0.4) is 0 Å². The Morgan fingerprint density at radius 2 is 2.22 bits per heavy atom. The van der Waals surface area contributed by atoms with Gasteiger partial charge in [0.2, 0.25) is 0 Å². The SMILES string of the molecule is CCNCCC(C)SC. The van der Waals surface area contributed by atoms with E-state index in [1.165, 1.54) is 13.0 Å². The van der Waals surface area contributed by atoms with E-state index in [1.807, 2.05) is 11.8 Å². The van der Waals surface area contributed by atoms with E-state index < -0.39 is 0 Å². The minimum Gasteiger partial charge on any atom is -0.317 e. The second-order valence-corrected chi connectivity index (χ2v) is 3.46. The molecule has 0 bridgehead atoms. The highest BCUT2D eigenvalue weighted by Gasteiger charge is 1.95. The zero-order chi connectivity index (χ0) is 7.11. The van der Waals surface area contributed by atoms with E-state index in [0.29, 0.717) is 0 Å². The Balaban J connectivity index is 2.88. The average molecular weight is 147 g/mol. The van der Waals surface area contributed by atoms with Crippen molar-refractivity contribution in [3.8, 4) is 0 Å². The fourth-order valence-electron chi connectivity index (χ4n) is 0.600. The molecule has 0 rings (SSSR count). The second kappa shape index (κ2) is 6.43. The summed E-state index contributed by atoms with van der Waals surface area (Å²) >= 11 is 1.94. The van der Waals surface area contributed by atoms with Gasteiger partial charge < -0.3 is 5.32 Å². The van der Waals surface area contributed by atoms with Crippen LogP contribution in [-0.4, -0.2) is 24.6 Å². The minimum atomic E-state index is 0.809. The minimum absolute atomic E-state index is 0.809. The smallest absolute Gasteiger partial charge is 0.00280 e. The van der Waals surface area contributed by atoms with E-state index in [2.05, 4.69) is 25.4 Å². The van der Waals surface area contributed by atoms with Crippen LogP contribution >= 0.6 is 11.8 Å². The number of nitrogens with one attached hydrogen (secondary N) is 1. The maximum Gasteiger partial charge on any atom is 0.00280 e. The van der Waals surface area contributed by atoms with Gasteiger partial charge in [0, 0.05) is 5.25 Å².